The maximum atomic E-state index is 11.7. The largest absolute Gasteiger partial charge is 0.459 e. The molecule has 8 nitrogen and oxygen atoms in total. The number of hydrogen-bond donors (Lipinski definition) is 1. The number of ether oxygens (including phenoxy) is 2. The van der Waals surface area contributed by atoms with Crippen LogP contribution >= 0.6 is 0 Å². The average molecular weight is 425 g/mol. The molecule has 8 heteroatoms. The van der Waals surface area contributed by atoms with Gasteiger partial charge in [0.05, 0.1) is 0 Å². The van der Waals surface area contributed by atoms with Crippen molar-refractivity contribution in [2.24, 2.45) is 0 Å². The molecule has 1 atom stereocenters. The van der Waals surface area contributed by atoms with Crippen LogP contribution in [0.4, 0.5) is 4.79 Å². The highest BCUT2D eigenvalue weighted by Crippen LogP contribution is 2.12. The van der Waals surface area contributed by atoms with Crippen molar-refractivity contribution in [1.29, 1.82) is 0 Å². The molecule has 0 spiro atoms. The Kier molecular flexibility index (Phi) is 8.75. The van der Waals surface area contributed by atoms with E-state index in [9.17, 15) is 9.59 Å². The van der Waals surface area contributed by atoms with E-state index in [4.69, 9.17) is 9.47 Å². The Morgan fingerprint density at radius 2 is 1.65 bits per heavy atom. The molecule has 0 saturated heterocycles. The van der Waals surface area contributed by atoms with Crippen LogP contribution in [0, 0.1) is 0 Å². The number of rotatable bonds is 5. The molecule has 1 unspecified atom stereocenters. The van der Waals surface area contributed by atoms with Crippen molar-refractivity contribution >= 4 is 12.1 Å². The minimum Gasteiger partial charge on any atom is -0.459 e. The van der Waals surface area contributed by atoms with Crippen LogP contribution in [0.15, 0.2) is 71.6 Å². The number of alkyl carbamates (subject to hydrolysis) is 1. The first-order chi connectivity index (χ1) is 14.7. The van der Waals surface area contributed by atoms with E-state index in [1.54, 1.807) is 27.7 Å². The molecule has 1 amide bonds. The Labute approximate surface area is 181 Å². The molecule has 2 aromatic carbocycles. The normalized spacial score (nSPS) is 11.5. The Morgan fingerprint density at radius 1 is 1.03 bits per heavy atom. The van der Waals surface area contributed by atoms with Crippen molar-refractivity contribution in [3.05, 3.63) is 72.6 Å². The Balaban J connectivity index is 0.000000258. The van der Waals surface area contributed by atoms with Crippen LogP contribution in [-0.2, 0) is 20.9 Å². The fraction of sp³-hybridized carbons (Fsp3) is 0.304. The van der Waals surface area contributed by atoms with E-state index in [0.29, 0.717) is 5.82 Å². The quantitative estimate of drug-likeness (QED) is 0.605. The highest BCUT2D eigenvalue weighted by atomic mass is 16.6. The molecule has 0 aliphatic rings. The van der Waals surface area contributed by atoms with E-state index in [1.807, 2.05) is 60.7 Å². The number of esters is 1. The van der Waals surface area contributed by atoms with Crippen molar-refractivity contribution in [3.8, 4) is 11.4 Å². The zero-order valence-electron chi connectivity index (χ0n) is 18.1. The first-order valence-electron chi connectivity index (χ1n) is 9.76. The molecular formula is C23H27N3O5. The van der Waals surface area contributed by atoms with Crippen LogP contribution < -0.4 is 5.32 Å². The SMILES string of the molecule is CC(NC(=O)OC(C)(C)C)C(=O)OCc1ccccc1.c1ccc(-c2ncon2)cc1. The Hall–Kier alpha value is -3.68. The number of amides is 1. The van der Waals surface area contributed by atoms with Gasteiger partial charge in [-0.05, 0) is 33.3 Å². The molecule has 1 aromatic heterocycles. The van der Waals surface area contributed by atoms with Gasteiger partial charge in [-0.2, -0.15) is 4.98 Å². The standard InChI is InChI=1S/C15H21NO4.C8H6N2O/c1-11(16-14(18)20-15(2,3)4)13(17)19-10-12-8-6-5-7-9-12;1-2-4-7(5-3-1)8-9-6-11-10-8/h5-9,11H,10H2,1-4H3,(H,16,18);1-6H. The lowest BCUT2D eigenvalue weighted by molar-refractivity contribution is -0.147. The van der Waals surface area contributed by atoms with Gasteiger partial charge < -0.3 is 19.3 Å². The predicted molar refractivity (Wildman–Crippen MR) is 115 cm³/mol. The van der Waals surface area contributed by atoms with Gasteiger partial charge >= 0.3 is 12.1 Å². The Morgan fingerprint density at radius 3 is 2.19 bits per heavy atom. The second-order valence-electron chi connectivity index (χ2n) is 7.58. The maximum absolute atomic E-state index is 11.7. The molecule has 3 aromatic rings. The second-order valence-corrected chi connectivity index (χ2v) is 7.58. The van der Waals surface area contributed by atoms with Crippen molar-refractivity contribution in [1.82, 2.24) is 15.5 Å². The van der Waals surface area contributed by atoms with E-state index < -0.39 is 23.7 Å². The van der Waals surface area contributed by atoms with Crippen LogP contribution in [0.2, 0.25) is 0 Å². The summed E-state index contributed by atoms with van der Waals surface area (Å²) in [5, 5.41) is 6.14. The van der Waals surface area contributed by atoms with Gasteiger partial charge in [0.25, 0.3) is 0 Å². The van der Waals surface area contributed by atoms with Crippen molar-refractivity contribution in [2.45, 2.75) is 45.9 Å². The van der Waals surface area contributed by atoms with Crippen LogP contribution in [-0.4, -0.2) is 33.8 Å². The summed E-state index contributed by atoms with van der Waals surface area (Å²) in [6.07, 6.45) is 0.684. The third-order valence-corrected chi connectivity index (χ3v) is 3.70. The van der Waals surface area contributed by atoms with Crippen LogP contribution in [0.1, 0.15) is 33.3 Å². The van der Waals surface area contributed by atoms with Gasteiger partial charge in [-0.25, -0.2) is 9.59 Å². The highest BCUT2D eigenvalue weighted by molar-refractivity contribution is 5.81. The smallest absolute Gasteiger partial charge is 0.408 e. The van der Waals surface area contributed by atoms with Crippen molar-refractivity contribution in [3.63, 3.8) is 0 Å². The molecule has 0 aliphatic carbocycles. The maximum Gasteiger partial charge on any atom is 0.408 e. The molecule has 0 fully saturated rings. The van der Waals surface area contributed by atoms with Gasteiger partial charge in [0.1, 0.15) is 18.2 Å². The summed E-state index contributed by atoms with van der Waals surface area (Å²) < 4.78 is 14.8. The molecule has 0 aliphatic heterocycles. The van der Waals surface area contributed by atoms with Crippen LogP contribution in [0.3, 0.4) is 0 Å². The molecule has 164 valence electrons. The summed E-state index contributed by atoms with van der Waals surface area (Å²) in [6, 6.07) is 18.3. The lowest BCUT2D eigenvalue weighted by Gasteiger charge is -2.21. The van der Waals surface area contributed by atoms with Gasteiger partial charge in [0, 0.05) is 5.56 Å². The lowest BCUT2D eigenvalue weighted by Crippen LogP contribution is -2.42. The number of carbonyl (C=O) groups is 2. The van der Waals surface area contributed by atoms with Gasteiger partial charge in [0.15, 0.2) is 0 Å². The zero-order chi connectivity index (χ0) is 22.7. The molecule has 3 rings (SSSR count). The third-order valence-electron chi connectivity index (χ3n) is 3.70. The molecule has 0 radical (unpaired) electrons. The van der Waals surface area contributed by atoms with Crippen molar-refractivity contribution < 1.29 is 23.6 Å². The van der Waals surface area contributed by atoms with Gasteiger partial charge in [0.2, 0.25) is 12.2 Å². The molecule has 0 saturated carbocycles. The Bertz CT molecular complexity index is 923. The number of hydrogen-bond acceptors (Lipinski definition) is 7. The minimum absolute atomic E-state index is 0.181. The lowest BCUT2D eigenvalue weighted by atomic mass is 10.2. The summed E-state index contributed by atoms with van der Waals surface area (Å²) in [5.74, 6) is 0.130. The monoisotopic (exact) mass is 425 g/mol. The van der Waals surface area contributed by atoms with Gasteiger partial charge in [-0.3, -0.25) is 0 Å². The molecule has 0 bridgehead atoms. The van der Waals surface area contributed by atoms with Crippen LogP contribution in [0.25, 0.3) is 11.4 Å². The predicted octanol–water partition coefficient (Wildman–Crippen LogP) is 4.38. The zero-order valence-corrected chi connectivity index (χ0v) is 18.1. The number of nitrogens with zero attached hydrogens (tertiary/aromatic N) is 2. The van der Waals surface area contributed by atoms with Crippen molar-refractivity contribution in [2.75, 3.05) is 0 Å². The number of carbonyl (C=O) groups excluding carboxylic acids is 2. The summed E-state index contributed by atoms with van der Waals surface area (Å²) >= 11 is 0. The number of benzene rings is 2. The fourth-order valence-electron chi connectivity index (χ4n) is 2.28. The topological polar surface area (TPSA) is 104 Å². The second kappa shape index (κ2) is 11.5. The van der Waals surface area contributed by atoms with Crippen LogP contribution in [0.5, 0.6) is 0 Å². The molecular weight excluding hydrogens is 398 g/mol. The van der Waals surface area contributed by atoms with E-state index in [2.05, 4.69) is 20.0 Å². The number of nitrogens with one attached hydrogen (secondary N) is 1. The number of aromatic nitrogens is 2. The third kappa shape index (κ3) is 9.12. The van der Waals surface area contributed by atoms with Gasteiger partial charge in [-0.15, -0.1) is 0 Å². The van der Waals surface area contributed by atoms with Gasteiger partial charge in [-0.1, -0.05) is 65.8 Å². The fourth-order valence-corrected chi connectivity index (χ4v) is 2.28. The van der Waals surface area contributed by atoms with E-state index in [1.165, 1.54) is 6.39 Å². The minimum atomic E-state index is -0.756. The van der Waals surface area contributed by atoms with E-state index in [-0.39, 0.29) is 6.61 Å². The average Bonchev–Trinajstić information content (AvgIpc) is 3.27. The molecule has 1 heterocycles. The van der Waals surface area contributed by atoms with E-state index >= 15 is 0 Å². The first kappa shape index (κ1) is 23.6. The summed E-state index contributed by atoms with van der Waals surface area (Å²) in [4.78, 5) is 27.1. The summed E-state index contributed by atoms with van der Waals surface area (Å²) in [7, 11) is 0. The first-order valence-corrected chi connectivity index (χ1v) is 9.76. The highest BCUT2D eigenvalue weighted by Gasteiger charge is 2.21. The van der Waals surface area contributed by atoms with E-state index in [0.717, 1.165) is 11.1 Å². The summed E-state index contributed by atoms with van der Waals surface area (Å²) in [5.41, 5.74) is 1.27. The molecule has 1 N–H and O–H groups in total. The summed E-state index contributed by atoms with van der Waals surface area (Å²) in [6.45, 7) is 7.00. The molecule has 31 heavy (non-hydrogen) atoms.